The van der Waals surface area contributed by atoms with Crippen molar-refractivity contribution >= 4 is 17.9 Å². The normalized spacial score (nSPS) is 12.8. The molecule has 0 aliphatic carbocycles. The lowest BCUT2D eigenvalue weighted by Gasteiger charge is -2.18. The van der Waals surface area contributed by atoms with E-state index in [0.29, 0.717) is 12.8 Å². The largest absolute Gasteiger partial charge is 0.462 e. The Labute approximate surface area is 476 Å². The molecule has 0 bridgehead atoms. The second-order valence-electron chi connectivity index (χ2n) is 21.3. The van der Waals surface area contributed by atoms with Crippen LogP contribution in [-0.2, 0) is 28.6 Å². The van der Waals surface area contributed by atoms with Crippen LogP contribution in [-0.4, -0.2) is 37.2 Å². The van der Waals surface area contributed by atoms with Gasteiger partial charge in [-0.3, -0.25) is 14.4 Å². The van der Waals surface area contributed by atoms with Gasteiger partial charge in [0.1, 0.15) is 13.2 Å². The summed E-state index contributed by atoms with van der Waals surface area (Å²) in [6, 6.07) is 0. The smallest absolute Gasteiger partial charge is 0.310 e. The lowest BCUT2D eigenvalue weighted by atomic mass is 10.0. The average Bonchev–Trinajstić information content (AvgIpc) is 3.43. The molecule has 0 amide bonds. The van der Waals surface area contributed by atoms with Gasteiger partial charge in [0.15, 0.2) is 6.10 Å². The van der Waals surface area contributed by atoms with E-state index in [-0.39, 0.29) is 31.6 Å². The molecule has 0 fully saturated rings. The number of hydrogen-bond acceptors (Lipinski definition) is 6. The fourth-order valence-corrected chi connectivity index (χ4v) is 8.93. The Morgan fingerprint density at radius 3 is 0.883 bits per heavy atom. The molecule has 0 aromatic carbocycles. The Morgan fingerprint density at radius 1 is 0.286 bits per heavy atom. The van der Waals surface area contributed by atoms with E-state index in [1.807, 2.05) is 6.08 Å². The summed E-state index contributed by atoms with van der Waals surface area (Å²) in [4.78, 5) is 38.2. The summed E-state index contributed by atoms with van der Waals surface area (Å²) in [6.45, 7) is 6.42. The van der Waals surface area contributed by atoms with Gasteiger partial charge in [-0.1, -0.05) is 284 Å². The molecule has 6 nitrogen and oxygen atoms in total. The summed E-state index contributed by atoms with van der Waals surface area (Å²) < 4.78 is 16.8. The Kier molecular flexibility index (Phi) is 61.3. The summed E-state index contributed by atoms with van der Waals surface area (Å²) in [5.74, 6) is -1.05. The predicted octanol–water partition coefficient (Wildman–Crippen LogP) is 22.2. The zero-order chi connectivity index (χ0) is 55.7. The van der Waals surface area contributed by atoms with E-state index >= 15 is 0 Å². The second kappa shape index (κ2) is 64.6. The maximum Gasteiger partial charge on any atom is 0.310 e. The molecule has 0 saturated heterocycles. The minimum absolute atomic E-state index is 0.0940. The molecule has 0 spiro atoms. The van der Waals surface area contributed by atoms with Crippen molar-refractivity contribution in [3.05, 3.63) is 109 Å². The van der Waals surface area contributed by atoms with Crippen molar-refractivity contribution in [3.63, 3.8) is 0 Å². The molecule has 0 rings (SSSR count). The number of esters is 3. The third kappa shape index (κ3) is 62.8. The van der Waals surface area contributed by atoms with Crippen LogP contribution in [0.3, 0.4) is 0 Å². The van der Waals surface area contributed by atoms with Gasteiger partial charge >= 0.3 is 17.9 Å². The average molecular weight is 1070 g/mol. The van der Waals surface area contributed by atoms with Crippen LogP contribution in [0.1, 0.15) is 303 Å². The van der Waals surface area contributed by atoms with Gasteiger partial charge < -0.3 is 14.2 Å². The molecule has 440 valence electrons. The highest BCUT2D eigenvalue weighted by Crippen LogP contribution is 2.16. The standard InChI is InChI=1S/C71H120O6/c1-4-7-10-13-16-19-22-25-27-28-29-30-31-32-33-34-35-36-37-38-39-40-41-42-44-46-49-52-55-58-61-64-70(73)76-67-68(66-75-69(72)63-60-57-54-51-48-45-24-21-18-15-12-9-6-3)77-71(74)65-62-59-56-53-50-47-43-26-23-20-17-14-11-8-5-2/h8,11,17,20-22,24-26,28-29,31-32,43,50,53,59,62,68H,4-7,9-10,12-16,18-19,23,27,30,33-42,44-49,51-52,54-58,60-61,63-67H2,1-3H3/b11-8-,20-17-,24-21-,25-22-,29-28-,32-31-,43-26-,53-50-,62-59-. The van der Waals surface area contributed by atoms with Gasteiger partial charge in [0, 0.05) is 12.8 Å². The van der Waals surface area contributed by atoms with Crippen LogP contribution < -0.4 is 0 Å². The maximum absolute atomic E-state index is 12.8. The van der Waals surface area contributed by atoms with Gasteiger partial charge in [-0.25, -0.2) is 0 Å². The SMILES string of the molecule is CC/C=C\C/C=C\C/C=C\C/C=C\C/C=C\CC(=O)OC(COC(=O)CCCCCCC/C=C\CCCCCC)COC(=O)CCCCCCCCCCCCCCCCCC/C=C\C/C=C\C/C=C\CCCCCCC. The number of ether oxygens (including phenoxy) is 3. The minimum atomic E-state index is -0.837. The zero-order valence-electron chi connectivity index (χ0n) is 50.4. The van der Waals surface area contributed by atoms with E-state index in [1.165, 1.54) is 167 Å². The third-order valence-electron chi connectivity index (χ3n) is 13.8. The highest BCUT2D eigenvalue weighted by Gasteiger charge is 2.19. The molecular weight excluding hydrogens is 949 g/mol. The third-order valence-corrected chi connectivity index (χ3v) is 13.8. The van der Waals surface area contributed by atoms with Crippen LogP contribution in [0.2, 0.25) is 0 Å². The first-order valence-corrected chi connectivity index (χ1v) is 32.4. The van der Waals surface area contributed by atoms with Crippen LogP contribution in [0.15, 0.2) is 109 Å². The van der Waals surface area contributed by atoms with Crippen molar-refractivity contribution < 1.29 is 28.6 Å². The van der Waals surface area contributed by atoms with Crippen LogP contribution in [0, 0.1) is 0 Å². The number of carbonyl (C=O) groups is 3. The topological polar surface area (TPSA) is 78.9 Å². The molecular formula is C71H120O6. The molecule has 1 unspecified atom stereocenters. The lowest BCUT2D eigenvalue weighted by molar-refractivity contribution is -0.166. The summed E-state index contributed by atoms with van der Waals surface area (Å²) in [5.41, 5.74) is 0. The van der Waals surface area contributed by atoms with Crippen molar-refractivity contribution in [1.29, 1.82) is 0 Å². The summed E-state index contributed by atoms with van der Waals surface area (Å²) in [5, 5.41) is 0. The fraction of sp³-hybridized carbons (Fsp3) is 0.704. The monoisotopic (exact) mass is 1070 g/mol. The van der Waals surface area contributed by atoms with Crippen LogP contribution in [0.25, 0.3) is 0 Å². The molecule has 0 N–H and O–H groups in total. The molecule has 0 aliphatic heterocycles. The van der Waals surface area contributed by atoms with Gasteiger partial charge in [-0.2, -0.15) is 0 Å². The van der Waals surface area contributed by atoms with E-state index in [1.54, 1.807) is 6.08 Å². The zero-order valence-corrected chi connectivity index (χ0v) is 50.4. The van der Waals surface area contributed by atoms with Gasteiger partial charge in [-0.05, 0) is 109 Å². The molecule has 77 heavy (non-hydrogen) atoms. The van der Waals surface area contributed by atoms with Crippen molar-refractivity contribution in [3.8, 4) is 0 Å². The summed E-state index contributed by atoms with van der Waals surface area (Å²) >= 11 is 0. The summed E-state index contributed by atoms with van der Waals surface area (Å²) in [7, 11) is 0. The number of rotatable bonds is 58. The first-order chi connectivity index (χ1) is 38.0. The van der Waals surface area contributed by atoms with Crippen LogP contribution in [0.4, 0.5) is 0 Å². The van der Waals surface area contributed by atoms with Crippen molar-refractivity contribution in [2.75, 3.05) is 13.2 Å². The van der Waals surface area contributed by atoms with Crippen LogP contribution >= 0.6 is 0 Å². The first-order valence-electron chi connectivity index (χ1n) is 32.4. The molecule has 0 saturated carbocycles. The molecule has 6 heteroatoms. The highest BCUT2D eigenvalue weighted by molar-refractivity contribution is 5.72. The molecule has 0 heterocycles. The second-order valence-corrected chi connectivity index (χ2v) is 21.3. The Balaban J connectivity index is 4.25. The van der Waals surface area contributed by atoms with E-state index in [0.717, 1.165) is 96.3 Å². The quantitative estimate of drug-likeness (QED) is 0.0261. The van der Waals surface area contributed by atoms with Crippen LogP contribution in [0.5, 0.6) is 0 Å². The van der Waals surface area contributed by atoms with Crippen molar-refractivity contribution in [1.82, 2.24) is 0 Å². The molecule has 1 atom stereocenters. The minimum Gasteiger partial charge on any atom is -0.462 e. The highest BCUT2D eigenvalue weighted by atomic mass is 16.6. The van der Waals surface area contributed by atoms with E-state index in [2.05, 4.69) is 118 Å². The molecule has 0 radical (unpaired) electrons. The molecule has 0 aromatic heterocycles. The lowest BCUT2D eigenvalue weighted by Crippen LogP contribution is -2.30. The predicted molar refractivity (Wildman–Crippen MR) is 334 cm³/mol. The fourth-order valence-electron chi connectivity index (χ4n) is 8.93. The van der Waals surface area contributed by atoms with E-state index in [9.17, 15) is 14.4 Å². The first kappa shape index (κ1) is 73.1. The van der Waals surface area contributed by atoms with Gasteiger partial charge in [0.25, 0.3) is 0 Å². The van der Waals surface area contributed by atoms with E-state index < -0.39 is 12.1 Å². The van der Waals surface area contributed by atoms with Gasteiger partial charge in [0.2, 0.25) is 0 Å². The summed E-state index contributed by atoms with van der Waals surface area (Å²) in [6.07, 6.45) is 88.5. The maximum atomic E-state index is 12.8. The molecule has 0 aromatic rings. The Hall–Kier alpha value is -3.93. The molecule has 0 aliphatic rings. The van der Waals surface area contributed by atoms with Crippen molar-refractivity contribution in [2.24, 2.45) is 0 Å². The number of carbonyl (C=O) groups excluding carboxylic acids is 3. The van der Waals surface area contributed by atoms with Gasteiger partial charge in [-0.15, -0.1) is 0 Å². The van der Waals surface area contributed by atoms with Crippen molar-refractivity contribution in [2.45, 2.75) is 309 Å². The van der Waals surface area contributed by atoms with E-state index in [4.69, 9.17) is 14.2 Å². The number of hydrogen-bond donors (Lipinski definition) is 0. The number of unbranched alkanes of at least 4 members (excludes halogenated alkanes) is 30. The Bertz CT molecular complexity index is 1560. The van der Waals surface area contributed by atoms with Gasteiger partial charge in [0.05, 0.1) is 6.42 Å². The number of allylic oxidation sites excluding steroid dienone is 17. The Morgan fingerprint density at radius 2 is 0.545 bits per heavy atom.